The standard InChI is InChI=1S/C17H26/c1-4-16-10-8-6-7-9-11-17(5-2)14-15(3)12-13-16/h2,4,14-16H,1,6-13H2,3H3. The molecule has 0 saturated heterocycles. The van der Waals surface area contributed by atoms with Gasteiger partial charge in [0.25, 0.3) is 0 Å². The molecule has 2 unspecified atom stereocenters. The average molecular weight is 230 g/mol. The Bertz CT molecular complexity index is 290. The quantitative estimate of drug-likeness (QED) is 0.433. The second-order valence-electron chi connectivity index (χ2n) is 5.34. The van der Waals surface area contributed by atoms with Crippen LogP contribution in [-0.4, -0.2) is 0 Å². The summed E-state index contributed by atoms with van der Waals surface area (Å²) in [4.78, 5) is 0. The zero-order valence-corrected chi connectivity index (χ0v) is 11.3. The maximum atomic E-state index is 5.56. The maximum Gasteiger partial charge on any atom is -0.00196 e. The van der Waals surface area contributed by atoms with Gasteiger partial charge in [-0.05, 0) is 49.5 Å². The van der Waals surface area contributed by atoms with Gasteiger partial charge in [0.15, 0.2) is 0 Å². The highest BCUT2D eigenvalue weighted by atomic mass is 14.1. The first-order chi connectivity index (χ1) is 8.26. The second kappa shape index (κ2) is 8.18. The predicted molar refractivity (Wildman–Crippen MR) is 76.7 cm³/mol. The van der Waals surface area contributed by atoms with E-state index in [9.17, 15) is 0 Å². The molecule has 1 aliphatic carbocycles. The summed E-state index contributed by atoms with van der Waals surface area (Å²) >= 11 is 0. The molecule has 0 nitrogen and oxygen atoms in total. The van der Waals surface area contributed by atoms with Crippen LogP contribution in [0.5, 0.6) is 0 Å². The lowest BCUT2D eigenvalue weighted by Crippen LogP contribution is -2.02. The van der Waals surface area contributed by atoms with E-state index in [0.717, 1.165) is 6.42 Å². The number of rotatable bonds is 1. The Hall–Kier alpha value is -0.960. The van der Waals surface area contributed by atoms with Crippen LogP contribution in [-0.2, 0) is 0 Å². The fourth-order valence-corrected chi connectivity index (χ4v) is 2.56. The molecule has 0 fully saturated rings. The molecule has 0 N–H and O–H groups in total. The van der Waals surface area contributed by atoms with Gasteiger partial charge in [0.05, 0.1) is 0 Å². The minimum absolute atomic E-state index is 0.614. The third kappa shape index (κ3) is 5.78. The normalized spacial score (nSPS) is 28.1. The molecule has 0 amide bonds. The number of allylic oxidation sites excluding steroid dienone is 3. The molecule has 0 aromatic heterocycles. The zero-order valence-electron chi connectivity index (χ0n) is 11.3. The smallest absolute Gasteiger partial charge is 0.00196 e. The highest BCUT2D eigenvalue weighted by Gasteiger charge is 2.08. The van der Waals surface area contributed by atoms with E-state index in [2.05, 4.69) is 31.6 Å². The van der Waals surface area contributed by atoms with Crippen LogP contribution in [0.1, 0.15) is 58.3 Å². The summed E-state index contributed by atoms with van der Waals surface area (Å²) in [7, 11) is 0. The summed E-state index contributed by atoms with van der Waals surface area (Å²) in [6, 6.07) is 0. The van der Waals surface area contributed by atoms with Crippen LogP contribution >= 0.6 is 0 Å². The van der Waals surface area contributed by atoms with E-state index in [1.807, 2.05) is 0 Å². The van der Waals surface area contributed by atoms with Gasteiger partial charge in [-0.3, -0.25) is 0 Å². The van der Waals surface area contributed by atoms with Crippen molar-refractivity contribution in [2.45, 2.75) is 58.3 Å². The van der Waals surface area contributed by atoms with Crippen molar-refractivity contribution in [3.8, 4) is 12.3 Å². The van der Waals surface area contributed by atoms with Crippen molar-refractivity contribution in [1.82, 2.24) is 0 Å². The Labute approximate surface area is 107 Å². The third-order valence-electron chi connectivity index (χ3n) is 3.77. The number of hydrogen-bond donors (Lipinski definition) is 0. The Balaban J connectivity index is 2.60. The van der Waals surface area contributed by atoms with Crippen LogP contribution in [0.25, 0.3) is 0 Å². The molecule has 0 radical (unpaired) electrons. The summed E-state index contributed by atoms with van der Waals surface area (Å²) in [5.41, 5.74) is 1.22. The molecule has 0 aromatic carbocycles. The van der Waals surface area contributed by atoms with Gasteiger partial charge in [0.2, 0.25) is 0 Å². The lowest BCUT2D eigenvalue weighted by Gasteiger charge is -2.16. The summed E-state index contributed by atoms with van der Waals surface area (Å²) in [5.74, 6) is 4.17. The van der Waals surface area contributed by atoms with Crippen molar-refractivity contribution in [1.29, 1.82) is 0 Å². The summed E-state index contributed by atoms with van der Waals surface area (Å²) in [5, 5.41) is 0. The van der Waals surface area contributed by atoms with Crippen LogP contribution in [0.3, 0.4) is 0 Å². The first-order valence-corrected chi connectivity index (χ1v) is 7.06. The average Bonchev–Trinajstić information content (AvgIpc) is 2.33. The summed E-state index contributed by atoms with van der Waals surface area (Å²) in [6.45, 7) is 6.24. The van der Waals surface area contributed by atoms with Crippen molar-refractivity contribution in [2.24, 2.45) is 11.8 Å². The fourth-order valence-electron chi connectivity index (χ4n) is 2.56. The van der Waals surface area contributed by atoms with Gasteiger partial charge in [-0.15, -0.1) is 13.0 Å². The van der Waals surface area contributed by atoms with E-state index in [0.29, 0.717) is 11.8 Å². The third-order valence-corrected chi connectivity index (χ3v) is 3.77. The second-order valence-corrected chi connectivity index (χ2v) is 5.34. The van der Waals surface area contributed by atoms with Crippen LogP contribution < -0.4 is 0 Å². The van der Waals surface area contributed by atoms with Gasteiger partial charge in [0, 0.05) is 0 Å². The molecule has 0 aromatic rings. The topological polar surface area (TPSA) is 0 Å². The van der Waals surface area contributed by atoms with Crippen molar-refractivity contribution in [2.75, 3.05) is 0 Å². The van der Waals surface area contributed by atoms with Gasteiger partial charge in [0.1, 0.15) is 0 Å². The maximum absolute atomic E-state index is 5.56. The molecule has 0 bridgehead atoms. The predicted octanol–water partition coefficient (Wildman–Crippen LogP) is 5.12. The first kappa shape index (κ1) is 14.1. The summed E-state index contributed by atoms with van der Waals surface area (Å²) < 4.78 is 0. The number of hydrogen-bond acceptors (Lipinski definition) is 0. The molecule has 0 spiro atoms. The minimum atomic E-state index is 0.614. The highest BCUT2D eigenvalue weighted by Crippen LogP contribution is 2.23. The Morgan fingerprint density at radius 1 is 1.24 bits per heavy atom. The lowest BCUT2D eigenvalue weighted by molar-refractivity contribution is 0.453. The Morgan fingerprint density at radius 3 is 2.71 bits per heavy atom. The molecule has 1 rings (SSSR count). The molecule has 94 valence electrons. The molecule has 0 saturated carbocycles. The minimum Gasteiger partial charge on any atom is -0.115 e. The van der Waals surface area contributed by atoms with Crippen molar-refractivity contribution >= 4 is 0 Å². The van der Waals surface area contributed by atoms with Gasteiger partial charge >= 0.3 is 0 Å². The van der Waals surface area contributed by atoms with Gasteiger partial charge in [-0.2, -0.15) is 0 Å². The van der Waals surface area contributed by atoms with Gasteiger partial charge in [-0.25, -0.2) is 0 Å². The molecule has 17 heavy (non-hydrogen) atoms. The lowest BCUT2D eigenvalue weighted by atomic mass is 9.90. The molecule has 1 aliphatic rings. The molecular weight excluding hydrogens is 204 g/mol. The monoisotopic (exact) mass is 230 g/mol. The molecular formula is C17H26. The Kier molecular flexibility index (Phi) is 6.78. The van der Waals surface area contributed by atoms with Crippen LogP contribution in [0, 0.1) is 24.2 Å². The molecule has 0 heteroatoms. The largest absolute Gasteiger partial charge is 0.115 e. The van der Waals surface area contributed by atoms with Crippen molar-refractivity contribution in [3.63, 3.8) is 0 Å². The van der Waals surface area contributed by atoms with Gasteiger partial charge in [-0.1, -0.05) is 44.3 Å². The molecule has 2 atom stereocenters. The molecule has 0 aliphatic heterocycles. The van der Waals surface area contributed by atoms with E-state index < -0.39 is 0 Å². The SMILES string of the molecule is C#CC1=CC(C)CCC(C=C)CCCCCC1. The van der Waals surface area contributed by atoms with Gasteiger partial charge < -0.3 is 0 Å². The highest BCUT2D eigenvalue weighted by molar-refractivity contribution is 5.25. The van der Waals surface area contributed by atoms with Crippen molar-refractivity contribution < 1.29 is 0 Å². The zero-order chi connectivity index (χ0) is 12.5. The first-order valence-electron chi connectivity index (χ1n) is 7.06. The van der Waals surface area contributed by atoms with Crippen LogP contribution in [0.15, 0.2) is 24.3 Å². The summed E-state index contributed by atoms with van der Waals surface area (Å²) in [6.07, 6.45) is 20.2. The van der Waals surface area contributed by atoms with E-state index >= 15 is 0 Å². The van der Waals surface area contributed by atoms with E-state index in [-0.39, 0.29) is 0 Å². The van der Waals surface area contributed by atoms with Crippen molar-refractivity contribution in [3.05, 3.63) is 24.3 Å². The van der Waals surface area contributed by atoms with E-state index in [4.69, 9.17) is 6.42 Å². The number of terminal acetylenes is 1. The molecule has 0 heterocycles. The Morgan fingerprint density at radius 2 is 2.00 bits per heavy atom. The van der Waals surface area contributed by atoms with Crippen LogP contribution in [0.4, 0.5) is 0 Å². The van der Waals surface area contributed by atoms with Crippen LogP contribution in [0.2, 0.25) is 0 Å². The fraction of sp³-hybridized carbons (Fsp3) is 0.647. The van der Waals surface area contributed by atoms with E-state index in [1.165, 1.54) is 50.5 Å². The van der Waals surface area contributed by atoms with E-state index in [1.54, 1.807) is 0 Å².